The molecule has 2 fully saturated rings. The van der Waals surface area contributed by atoms with Crippen molar-refractivity contribution in [3.8, 4) is 0 Å². The van der Waals surface area contributed by atoms with Crippen LogP contribution < -0.4 is 10.6 Å². The summed E-state index contributed by atoms with van der Waals surface area (Å²) in [5.74, 6) is 0.0666. The lowest BCUT2D eigenvalue weighted by atomic mass is 10.00. The monoisotopic (exact) mass is 283 g/mol. The van der Waals surface area contributed by atoms with Gasteiger partial charge in [-0.3, -0.25) is 4.79 Å². The molecule has 2 aliphatic heterocycles. The van der Waals surface area contributed by atoms with E-state index in [1.807, 2.05) is 30.7 Å². The number of rotatable bonds is 2. The average molecular weight is 284 g/mol. The smallest absolute Gasteiger partial charge is 0.268 e. The highest BCUT2D eigenvalue weighted by atomic mass is 35.5. The zero-order valence-corrected chi connectivity index (χ0v) is 12.3. The van der Waals surface area contributed by atoms with Crippen molar-refractivity contribution in [2.45, 2.75) is 50.7 Å². The third-order valence-electron chi connectivity index (χ3n) is 4.41. The lowest BCUT2D eigenvalue weighted by Crippen LogP contribution is -2.48. The van der Waals surface area contributed by atoms with Gasteiger partial charge >= 0.3 is 0 Å². The van der Waals surface area contributed by atoms with E-state index in [0.29, 0.717) is 18.1 Å². The van der Waals surface area contributed by atoms with Crippen molar-refractivity contribution in [3.05, 3.63) is 23.5 Å². The van der Waals surface area contributed by atoms with Gasteiger partial charge in [-0.15, -0.1) is 12.4 Å². The molecule has 106 valence electrons. The van der Waals surface area contributed by atoms with Crippen molar-refractivity contribution in [2.75, 3.05) is 0 Å². The summed E-state index contributed by atoms with van der Waals surface area (Å²) in [6.45, 7) is 2.02. The Kier molecular flexibility index (Phi) is 4.21. The first-order chi connectivity index (χ1) is 8.63. The highest BCUT2D eigenvalue weighted by molar-refractivity contribution is 5.93. The van der Waals surface area contributed by atoms with Gasteiger partial charge in [0.2, 0.25) is 0 Å². The molecule has 3 heterocycles. The van der Waals surface area contributed by atoms with Crippen LogP contribution in [-0.2, 0) is 7.05 Å². The minimum Gasteiger partial charge on any atom is -0.348 e. The number of fused-ring (bicyclic) bond motifs is 2. The summed E-state index contributed by atoms with van der Waals surface area (Å²) in [6, 6.07) is 5.46. The van der Waals surface area contributed by atoms with Gasteiger partial charge in [0.25, 0.3) is 5.91 Å². The van der Waals surface area contributed by atoms with Gasteiger partial charge in [-0.25, -0.2) is 0 Å². The Hall–Kier alpha value is -1.00. The van der Waals surface area contributed by atoms with Gasteiger partial charge in [-0.1, -0.05) is 0 Å². The maximum Gasteiger partial charge on any atom is 0.268 e. The molecule has 0 aromatic carbocycles. The van der Waals surface area contributed by atoms with Crippen LogP contribution in [0.15, 0.2) is 12.1 Å². The molecule has 19 heavy (non-hydrogen) atoms. The molecule has 0 aliphatic carbocycles. The molecular formula is C14H22ClN3O. The summed E-state index contributed by atoms with van der Waals surface area (Å²) in [5, 5.41) is 6.78. The number of nitrogens with zero attached hydrogens (tertiary/aromatic N) is 1. The summed E-state index contributed by atoms with van der Waals surface area (Å²) in [7, 11) is 1.94. The first-order valence-corrected chi connectivity index (χ1v) is 6.82. The van der Waals surface area contributed by atoms with Gasteiger partial charge in [-0.05, 0) is 44.7 Å². The number of carbonyl (C=O) groups excluding carboxylic acids is 1. The normalized spacial score (nSPS) is 28.8. The number of carbonyl (C=O) groups is 1. The van der Waals surface area contributed by atoms with E-state index in [-0.39, 0.29) is 18.3 Å². The van der Waals surface area contributed by atoms with Crippen LogP contribution in [0, 0.1) is 6.92 Å². The highest BCUT2D eigenvalue weighted by Gasteiger charge is 2.34. The van der Waals surface area contributed by atoms with E-state index in [0.717, 1.165) is 24.2 Å². The van der Waals surface area contributed by atoms with Gasteiger partial charge in [-0.2, -0.15) is 0 Å². The number of hydrogen-bond donors (Lipinski definition) is 2. The molecule has 2 unspecified atom stereocenters. The lowest BCUT2D eigenvalue weighted by molar-refractivity contribution is 0.0915. The molecule has 0 saturated carbocycles. The Morgan fingerprint density at radius 2 is 1.95 bits per heavy atom. The first kappa shape index (κ1) is 14.4. The second kappa shape index (κ2) is 5.55. The summed E-state index contributed by atoms with van der Waals surface area (Å²) in [4.78, 5) is 12.2. The molecule has 2 N–H and O–H groups in total. The van der Waals surface area contributed by atoms with Crippen molar-refractivity contribution in [1.29, 1.82) is 0 Å². The second-order valence-corrected chi connectivity index (χ2v) is 5.70. The summed E-state index contributed by atoms with van der Waals surface area (Å²) in [6.07, 6.45) is 4.68. The lowest BCUT2D eigenvalue weighted by Gasteiger charge is -2.29. The predicted molar refractivity (Wildman–Crippen MR) is 77.8 cm³/mol. The number of aryl methyl sites for hydroxylation is 1. The van der Waals surface area contributed by atoms with Crippen LogP contribution in [0.25, 0.3) is 0 Å². The van der Waals surface area contributed by atoms with Gasteiger partial charge in [0.1, 0.15) is 5.69 Å². The van der Waals surface area contributed by atoms with E-state index < -0.39 is 0 Å². The van der Waals surface area contributed by atoms with Gasteiger partial charge < -0.3 is 15.2 Å². The minimum atomic E-state index is 0. The number of halogens is 1. The fourth-order valence-electron chi connectivity index (χ4n) is 3.28. The Labute approximate surface area is 120 Å². The molecule has 2 atom stereocenters. The Morgan fingerprint density at radius 3 is 2.47 bits per heavy atom. The van der Waals surface area contributed by atoms with Crippen LogP contribution >= 0.6 is 12.4 Å². The van der Waals surface area contributed by atoms with Crippen molar-refractivity contribution in [1.82, 2.24) is 15.2 Å². The fraction of sp³-hybridized carbons (Fsp3) is 0.643. The first-order valence-electron chi connectivity index (χ1n) is 6.82. The minimum absolute atomic E-state index is 0. The van der Waals surface area contributed by atoms with Crippen LogP contribution in [0.4, 0.5) is 0 Å². The number of piperidine rings is 1. The molecular weight excluding hydrogens is 262 g/mol. The Morgan fingerprint density at radius 1 is 1.32 bits per heavy atom. The summed E-state index contributed by atoms with van der Waals surface area (Å²) in [5.41, 5.74) is 1.88. The van der Waals surface area contributed by atoms with Gasteiger partial charge in [0.15, 0.2) is 0 Å². The van der Waals surface area contributed by atoms with Crippen LogP contribution in [0.5, 0.6) is 0 Å². The largest absolute Gasteiger partial charge is 0.348 e. The van der Waals surface area contributed by atoms with E-state index in [4.69, 9.17) is 0 Å². The Bertz CT molecular complexity index is 459. The topological polar surface area (TPSA) is 46.1 Å². The molecule has 3 rings (SSSR count). The molecule has 4 nitrogen and oxygen atoms in total. The van der Waals surface area contributed by atoms with Crippen LogP contribution in [-0.4, -0.2) is 28.6 Å². The maximum atomic E-state index is 12.2. The summed E-state index contributed by atoms with van der Waals surface area (Å²) < 4.78 is 1.95. The quantitative estimate of drug-likeness (QED) is 0.869. The zero-order valence-electron chi connectivity index (χ0n) is 11.5. The molecule has 0 radical (unpaired) electrons. The van der Waals surface area contributed by atoms with Crippen LogP contribution in [0.1, 0.15) is 41.9 Å². The molecule has 1 amide bonds. The number of hydrogen-bond acceptors (Lipinski definition) is 2. The van der Waals surface area contributed by atoms with Crippen LogP contribution in [0.3, 0.4) is 0 Å². The van der Waals surface area contributed by atoms with Crippen molar-refractivity contribution < 1.29 is 4.79 Å². The van der Waals surface area contributed by atoms with E-state index in [9.17, 15) is 4.79 Å². The number of aromatic nitrogens is 1. The predicted octanol–water partition coefficient (Wildman–Crippen LogP) is 1.77. The summed E-state index contributed by atoms with van der Waals surface area (Å²) >= 11 is 0. The van der Waals surface area contributed by atoms with Gasteiger partial charge in [0, 0.05) is 30.9 Å². The van der Waals surface area contributed by atoms with E-state index in [2.05, 4.69) is 10.6 Å². The standard InChI is InChI=1S/C14H21N3O.ClH/c1-9-3-6-13(17(9)2)14(18)16-12-7-10-4-5-11(8-12)15-10;/h3,6,10-12,15H,4-5,7-8H2,1-2H3,(H,16,18);1H. The Balaban J connectivity index is 0.00000133. The van der Waals surface area contributed by atoms with Crippen molar-refractivity contribution in [3.63, 3.8) is 0 Å². The number of amides is 1. The fourth-order valence-corrected chi connectivity index (χ4v) is 3.28. The molecule has 2 aliphatic rings. The van der Waals surface area contributed by atoms with E-state index in [1.54, 1.807) is 0 Å². The third-order valence-corrected chi connectivity index (χ3v) is 4.41. The average Bonchev–Trinajstić information content (AvgIpc) is 2.84. The maximum absolute atomic E-state index is 12.2. The van der Waals surface area contributed by atoms with E-state index >= 15 is 0 Å². The zero-order chi connectivity index (χ0) is 12.7. The van der Waals surface area contributed by atoms with E-state index in [1.165, 1.54) is 12.8 Å². The molecule has 2 saturated heterocycles. The molecule has 2 bridgehead atoms. The SMILES string of the molecule is Cc1ccc(C(=O)NC2CC3CCC(C2)N3)n1C.Cl. The van der Waals surface area contributed by atoms with Crippen molar-refractivity contribution in [2.24, 2.45) is 7.05 Å². The van der Waals surface area contributed by atoms with Gasteiger partial charge in [0.05, 0.1) is 0 Å². The second-order valence-electron chi connectivity index (χ2n) is 5.70. The molecule has 5 heteroatoms. The van der Waals surface area contributed by atoms with Crippen molar-refractivity contribution >= 4 is 18.3 Å². The molecule has 1 aromatic rings. The highest BCUT2D eigenvalue weighted by Crippen LogP contribution is 2.26. The molecule has 1 aromatic heterocycles. The third kappa shape index (κ3) is 2.79. The molecule has 0 spiro atoms. The van der Waals surface area contributed by atoms with Crippen LogP contribution in [0.2, 0.25) is 0 Å². The number of nitrogens with one attached hydrogen (secondary N) is 2.